The van der Waals surface area contributed by atoms with E-state index in [0.717, 1.165) is 41.3 Å². The Kier molecular flexibility index (Phi) is 30.0. The van der Waals surface area contributed by atoms with Crippen LogP contribution in [0.15, 0.2) is 91.0 Å². The summed E-state index contributed by atoms with van der Waals surface area (Å²) in [6.45, 7) is 8.88. The summed E-state index contributed by atoms with van der Waals surface area (Å²) >= 11 is 12.0. The predicted molar refractivity (Wildman–Crippen MR) is 307 cm³/mol. The predicted octanol–water partition coefficient (Wildman–Crippen LogP) is 8.87. The van der Waals surface area contributed by atoms with Gasteiger partial charge in [0.2, 0.25) is 16.8 Å². The minimum absolute atomic E-state index is 0.0310. The van der Waals surface area contributed by atoms with E-state index in [-0.39, 0.29) is 124 Å². The maximum atomic E-state index is 12.3. The highest BCUT2D eigenvalue weighted by Gasteiger charge is 2.43. The number of hydrogen-bond acceptors (Lipinski definition) is 21. The van der Waals surface area contributed by atoms with Gasteiger partial charge in [0.15, 0.2) is 0 Å². The number of rotatable bonds is 27. The van der Waals surface area contributed by atoms with Crippen LogP contribution in [0, 0.1) is 17.9 Å². The van der Waals surface area contributed by atoms with Gasteiger partial charge >= 0.3 is 19.4 Å². The standard InChI is InChI=1S/C24H34NO8PS.C16H28NO7PS.C16H14O2S/c1-17-12-20(27-3)23(32-17)16-30-34(35,29-11-7-10-25)33-21-13-18(2)31-22(21)15-28-24(26)14-19-8-5-4-6-9-19;1-11-7-13(19-4)16(23-11)10-21-25(26,20-6-5-17-3)24-14-8-12(2)22-15(14)9-18;17-15(11-13-7-3-1-4-8-13)19-16(18)12-14-9-5-2-6-10-14/h4-6,8-9,17-18,20-23H,7,11-16H2,1-3H3;11-16,18H,5-10H2,1-2,4H3;1-10H,11-12H2/t17-,18-,20?,21?,22+,23+,34?;11-,12-,13?,14?,15+,16+,25?;/m00./s1. The van der Waals surface area contributed by atoms with E-state index < -0.39 is 37.9 Å². The van der Waals surface area contributed by atoms with Crippen LogP contribution < -0.4 is 0 Å². The molecule has 3 aromatic rings. The quantitative estimate of drug-likeness (QED) is 0.0326. The van der Waals surface area contributed by atoms with Gasteiger partial charge in [0.05, 0.1) is 94.2 Å². The third-order valence-corrected chi connectivity index (χ3v) is 18.3. The van der Waals surface area contributed by atoms with Gasteiger partial charge in [-0.15, -0.1) is 0 Å². The molecule has 19 nitrogen and oxygen atoms in total. The molecule has 1 N–H and O–H groups in total. The molecule has 4 fully saturated rings. The molecule has 0 spiro atoms. The number of hydrogen-bond donors (Lipinski definition) is 1. The van der Waals surface area contributed by atoms with Crippen LogP contribution in [-0.4, -0.2) is 155 Å². The first kappa shape index (κ1) is 67.4. The Bertz CT molecular complexity index is 2460. The van der Waals surface area contributed by atoms with E-state index in [1.54, 1.807) is 14.2 Å². The number of thioether (sulfide) groups is 1. The number of aliphatic hydroxyl groups is 1. The van der Waals surface area contributed by atoms with Crippen LogP contribution in [0.2, 0.25) is 0 Å². The topological polar surface area (TPSA) is 220 Å². The van der Waals surface area contributed by atoms with Crippen LogP contribution in [0.25, 0.3) is 4.85 Å². The highest BCUT2D eigenvalue weighted by atomic mass is 32.5. The first-order chi connectivity index (χ1) is 38.5. The van der Waals surface area contributed by atoms with E-state index in [1.165, 1.54) is 0 Å². The maximum Gasteiger partial charge on any atom is 0.327 e. The summed E-state index contributed by atoms with van der Waals surface area (Å²) in [7, 11) is 3.27. The SMILES string of the molecule is COC1C[C@H](C)O[C@@H]1COP(=S)(OCCC#N)OC1C[C@H](C)O[C@@H]1COC(=O)Cc1ccccc1.O=C(Cc1ccccc1)SC(=O)Cc1ccccc1.[C-]#[N+]CCOP(=S)(OC[C@H]1O[C@@H](C)CC1OC)OC1C[C@H](C)O[C@@H]1CO. The first-order valence-corrected chi connectivity index (χ1v) is 32.5. The largest absolute Gasteiger partial charge is 0.463 e. The third kappa shape index (κ3) is 24.0. The molecule has 0 aromatic heterocycles. The van der Waals surface area contributed by atoms with E-state index in [0.29, 0.717) is 25.7 Å². The molecular formula is C56H76N2O17P2S3. The van der Waals surface area contributed by atoms with Crippen LogP contribution >= 0.6 is 25.2 Å². The van der Waals surface area contributed by atoms with Crippen molar-refractivity contribution in [3.63, 3.8) is 0 Å². The van der Waals surface area contributed by atoms with Crippen molar-refractivity contribution < 1.29 is 79.8 Å². The van der Waals surface area contributed by atoms with Gasteiger partial charge in [0, 0.05) is 52.7 Å². The maximum absolute atomic E-state index is 12.3. The van der Waals surface area contributed by atoms with Crippen molar-refractivity contribution in [1.82, 2.24) is 0 Å². The minimum Gasteiger partial charge on any atom is -0.463 e. The van der Waals surface area contributed by atoms with Gasteiger partial charge < -0.3 is 70.3 Å². The van der Waals surface area contributed by atoms with Crippen molar-refractivity contribution in [3.8, 4) is 6.07 Å². The van der Waals surface area contributed by atoms with Crippen molar-refractivity contribution in [3.05, 3.63) is 119 Å². The summed E-state index contributed by atoms with van der Waals surface area (Å²) in [5.74, 6) is -0.350. The average Bonchev–Trinajstić information content (AvgIpc) is 4.23. The molecule has 3 aromatic carbocycles. The zero-order valence-electron chi connectivity index (χ0n) is 46.2. The second-order valence-electron chi connectivity index (χ2n) is 19.4. The fourth-order valence-corrected chi connectivity index (χ4v) is 14.0. The molecule has 0 amide bonds. The molecule has 14 atom stereocenters. The van der Waals surface area contributed by atoms with Crippen LogP contribution in [0.3, 0.4) is 0 Å². The van der Waals surface area contributed by atoms with Crippen LogP contribution in [0.4, 0.5) is 0 Å². The summed E-state index contributed by atoms with van der Waals surface area (Å²) in [6.07, 6.45) is 0.982. The number of ether oxygens (including phenoxy) is 7. The zero-order valence-corrected chi connectivity index (χ0v) is 50.4. The first-order valence-electron chi connectivity index (χ1n) is 26.6. The fourth-order valence-electron chi connectivity index (χ4n) is 8.97. The Morgan fingerprint density at radius 3 is 1.41 bits per heavy atom. The third-order valence-electron chi connectivity index (χ3n) is 12.8. The summed E-state index contributed by atoms with van der Waals surface area (Å²) in [5.41, 5.74) is 2.75. The van der Waals surface area contributed by atoms with Gasteiger partial charge in [-0.05, 0) is 79.8 Å². The molecule has 4 heterocycles. The lowest BCUT2D eigenvalue weighted by Gasteiger charge is -2.28. The van der Waals surface area contributed by atoms with E-state index in [1.807, 2.05) is 125 Å². The van der Waals surface area contributed by atoms with Gasteiger partial charge in [-0.3, -0.25) is 14.4 Å². The van der Waals surface area contributed by atoms with Gasteiger partial charge in [0.25, 0.3) is 0 Å². The van der Waals surface area contributed by atoms with Gasteiger partial charge in [0.1, 0.15) is 37.6 Å². The Morgan fingerprint density at radius 2 is 1.00 bits per heavy atom. The van der Waals surface area contributed by atoms with Crippen molar-refractivity contribution in [2.75, 3.05) is 60.4 Å². The minimum atomic E-state index is -3.25. The number of carbonyl (C=O) groups excluding carboxylic acids is 3. The number of nitrogens with zero attached hydrogens (tertiary/aromatic N) is 2. The molecule has 4 aliphatic heterocycles. The highest BCUT2D eigenvalue weighted by Crippen LogP contribution is 2.54. The summed E-state index contributed by atoms with van der Waals surface area (Å²) in [5, 5.41) is 18.2. The number of nitriles is 1. The number of aliphatic hydroxyl groups excluding tert-OH is 1. The molecule has 0 radical (unpaired) electrons. The number of benzene rings is 3. The smallest absolute Gasteiger partial charge is 0.327 e. The molecule has 4 aliphatic rings. The van der Waals surface area contributed by atoms with Crippen molar-refractivity contribution in [1.29, 1.82) is 5.26 Å². The highest BCUT2D eigenvalue weighted by molar-refractivity contribution is 8.26. The van der Waals surface area contributed by atoms with E-state index in [4.69, 9.17) is 95.7 Å². The molecule has 0 bridgehead atoms. The Labute approximate surface area is 485 Å². The van der Waals surface area contributed by atoms with Crippen LogP contribution in [0.1, 0.15) is 76.5 Å². The van der Waals surface area contributed by atoms with Crippen molar-refractivity contribution >= 4 is 65.0 Å². The number of carbonyl (C=O) groups is 3. The Balaban J connectivity index is 0.000000231. The molecule has 80 heavy (non-hydrogen) atoms. The average molecular weight is 1210 g/mol. The second kappa shape index (κ2) is 35.7. The lowest BCUT2D eigenvalue weighted by atomic mass is 10.1. The van der Waals surface area contributed by atoms with Gasteiger partial charge in [-0.2, -0.15) is 5.26 Å². The molecular weight excluding hydrogens is 1130 g/mol. The van der Waals surface area contributed by atoms with Crippen LogP contribution in [-0.2, 0) is 118 Å². The van der Waals surface area contributed by atoms with Crippen LogP contribution in [0.5, 0.6) is 0 Å². The zero-order chi connectivity index (χ0) is 57.9. The molecule has 6 unspecified atom stereocenters. The Morgan fingerprint density at radius 1 is 0.613 bits per heavy atom. The molecule has 0 saturated carbocycles. The number of esters is 1. The molecule has 7 rings (SSSR count). The molecule has 4 saturated heterocycles. The second-order valence-corrected chi connectivity index (χ2v) is 26.4. The van der Waals surface area contributed by atoms with Gasteiger partial charge in [-0.1, -0.05) is 91.0 Å². The van der Waals surface area contributed by atoms with Gasteiger partial charge in [-0.25, -0.2) is 6.57 Å². The fraction of sp³-hybridized carbons (Fsp3) is 0.589. The lowest BCUT2D eigenvalue weighted by Crippen LogP contribution is -2.31. The molecule has 24 heteroatoms. The number of methoxy groups -OCH3 is 2. The summed E-state index contributed by atoms with van der Waals surface area (Å²) in [6, 6.07) is 30.3. The van der Waals surface area contributed by atoms with Crippen molar-refractivity contribution in [2.45, 2.75) is 152 Å². The molecule has 440 valence electrons. The normalized spacial score (nSPS) is 27.5. The van der Waals surface area contributed by atoms with E-state index >= 15 is 0 Å². The molecule has 0 aliphatic carbocycles. The summed E-state index contributed by atoms with van der Waals surface area (Å²) < 4.78 is 75.1. The van der Waals surface area contributed by atoms with Crippen molar-refractivity contribution in [2.24, 2.45) is 0 Å². The lowest BCUT2D eigenvalue weighted by molar-refractivity contribution is -0.148. The monoisotopic (exact) mass is 1210 g/mol. The van der Waals surface area contributed by atoms with E-state index in [2.05, 4.69) is 4.85 Å². The Hall–Kier alpha value is -3.42. The van der Waals surface area contributed by atoms with E-state index in [9.17, 15) is 19.5 Å². The summed E-state index contributed by atoms with van der Waals surface area (Å²) in [4.78, 5) is 39.1.